The molecule has 4 nitrogen and oxygen atoms in total. The summed E-state index contributed by atoms with van der Waals surface area (Å²) in [5, 5.41) is 12.4. The lowest BCUT2D eigenvalue weighted by molar-refractivity contribution is 0.0697. The highest BCUT2D eigenvalue weighted by atomic mass is 16.5. The number of hydrogen-bond acceptors (Lipinski definition) is 3. The highest BCUT2D eigenvalue weighted by Crippen LogP contribution is 2.21. The van der Waals surface area contributed by atoms with Gasteiger partial charge in [0, 0.05) is 24.9 Å². The molecule has 1 aliphatic rings. The van der Waals surface area contributed by atoms with E-state index in [1.807, 2.05) is 19.1 Å². The Morgan fingerprint density at radius 2 is 2.12 bits per heavy atom. The molecular weight excluding hydrogens is 218 g/mol. The second-order valence-electron chi connectivity index (χ2n) is 4.39. The van der Waals surface area contributed by atoms with Crippen LogP contribution in [0.3, 0.4) is 0 Å². The number of nitrogens with one attached hydrogen (secondary N) is 1. The largest absolute Gasteiger partial charge is 0.478 e. The fraction of sp³-hybridized carbons (Fsp3) is 0.462. The lowest BCUT2D eigenvalue weighted by Gasteiger charge is -2.25. The predicted molar refractivity (Wildman–Crippen MR) is 65.6 cm³/mol. The first kappa shape index (κ1) is 11.9. The summed E-state index contributed by atoms with van der Waals surface area (Å²) in [4.78, 5) is 11.1. The third-order valence-electron chi connectivity index (χ3n) is 2.99. The molecule has 0 aliphatic carbocycles. The summed E-state index contributed by atoms with van der Waals surface area (Å²) in [6.07, 6.45) is 1.85. The summed E-state index contributed by atoms with van der Waals surface area (Å²) in [5.41, 5.74) is 2.11. The topological polar surface area (TPSA) is 58.6 Å². The number of rotatable bonds is 3. The quantitative estimate of drug-likeness (QED) is 0.843. The van der Waals surface area contributed by atoms with Gasteiger partial charge in [0.25, 0.3) is 0 Å². The van der Waals surface area contributed by atoms with Gasteiger partial charge in [0.1, 0.15) is 0 Å². The Hall–Kier alpha value is -1.55. The minimum atomic E-state index is -0.889. The van der Waals surface area contributed by atoms with Gasteiger partial charge in [-0.2, -0.15) is 0 Å². The zero-order chi connectivity index (χ0) is 12.3. The third-order valence-corrected chi connectivity index (χ3v) is 2.99. The Balaban J connectivity index is 2.17. The summed E-state index contributed by atoms with van der Waals surface area (Å²) >= 11 is 0. The molecule has 1 aliphatic heterocycles. The molecule has 0 bridgehead atoms. The van der Waals surface area contributed by atoms with Crippen molar-refractivity contribution in [2.24, 2.45) is 0 Å². The average Bonchev–Trinajstić information content (AvgIpc) is 2.30. The van der Waals surface area contributed by atoms with E-state index in [0.717, 1.165) is 31.6 Å². The van der Waals surface area contributed by atoms with Crippen LogP contribution in [0.15, 0.2) is 18.2 Å². The average molecular weight is 235 g/mol. The molecule has 0 atom stereocenters. The number of carbonyl (C=O) groups is 1. The normalized spacial score (nSPS) is 16.8. The highest BCUT2D eigenvalue weighted by Gasteiger charge is 2.17. The van der Waals surface area contributed by atoms with Crippen LogP contribution in [0.1, 0.15) is 28.8 Å². The first-order valence-electron chi connectivity index (χ1n) is 5.85. The number of aryl methyl sites for hydroxylation is 1. The molecule has 0 radical (unpaired) electrons. The molecular formula is C13H17NO3. The number of ether oxygens (including phenoxy) is 1. The Bertz CT molecular complexity index is 411. The first-order valence-corrected chi connectivity index (χ1v) is 5.85. The van der Waals surface area contributed by atoms with Crippen molar-refractivity contribution in [2.45, 2.75) is 25.8 Å². The molecule has 0 aromatic heterocycles. The summed E-state index contributed by atoms with van der Waals surface area (Å²) < 4.78 is 5.28. The molecule has 0 spiro atoms. The van der Waals surface area contributed by atoms with Crippen LogP contribution in [0, 0.1) is 6.92 Å². The molecule has 1 fully saturated rings. The number of benzene rings is 1. The molecule has 1 aromatic rings. The zero-order valence-electron chi connectivity index (χ0n) is 9.90. The maximum absolute atomic E-state index is 11.1. The SMILES string of the molecule is Cc1ccc(C(=O)O)c(NC2CCOCC2)c1. The van der Waals surface area contributed by atoms with Gasteiger partial charge in [-0.05, 0) is 37.5 Å². The predicted octanol–water partition coefficient (Wildman–Crippen LogP) is 2.28. The number of aromatic carboxylic acids is 1. The van der Waals surface area contributed by atoms with Gasteiger partial charge in [0.05, 0.1) is 5.56 Å². The van der Waals surface area contributed by atoms with Gasteiger partial charge < -0.3 is 15.2 Å². The molecule has 0 amide bonds. The summed E-state index contributed by atoms with van der Waals surface area (Å²) in [6.45, 7) is 3.44. The van der Waals surface area contributed by atoms with E-state index in [0.29, 0.717) is 17.3 Å². The van der Waals surface area contributed by atoms with E-state index in [4.69, 9.17) is 9.84 Å². The van der Waals surface area contributed by atoms with E-state index < -0.39 is 5.97 Å². The maximum Gasteiger partial charge on any atom is 0.337 e. The van der Waals surface area contributed by atoms with E-state index in [-0.39, 0.29) is 0 Å². The molecule has 2 N–H and O–H groups in total. The van der Waals surface area contributed by atoms with Crippen molar-refractivity contribution in [2.75, 3.05) is 18.5 Å². The second-order valence-corrected chi connectivity index (χ2v) is 4.39. The van der Waals surface area contributed by atoms with Gasteiger partial charge in [-0.3, -0.25) is 0 Å². The van der Waals surface area contributed by atoms with E-state index in [1.165, 1.54) is 0 Å². The number of anilines is 1. The van der Waals surface area contributed by atoms with Crippen molar-refractivity contribution in [3.8, 4) is 0 Å². The van der Waals surface area contributed by atoms with Crippen LogP contribution in [0.2, 0.25) is 0 Å². The van der Waals surface area contributed by atoms with E-state index in [1.54, 1.807) is 6.07 Å². The van der Waals surface area contributed by atoms with Crippen LogP contribution in [0.25, 0.3) is 0 Å². The molecule has 0 unspecified atom stereocenters. The Morgan fingerprint density at radius 3 is 2.76 bits per heavy atom. The van der Waals surface area contributed by atoms with Gasteiger partial charge in [0.15, 0.2) is 0 Å². The van der Waals surface area contributed by atoms with Crippen LogP contribution in [-0.4, -0.2) is 30.3 Å². The monoisotopic (exact) mass is 235 g/mol. The number of carboxylic acid groups (broad SMARTS) is 1. The van der Waals surface area contributed by atoms with Crippen molar-refractivity contribution >= 4 is 11.7 Å². The van der Waals surface area contributed by atoms with E-state index >= 15 is 0 Å². The maximum atomic E-state index is 11.1. The first-order chi connectivity index (χ1) is 8.16. The molecule has 17 heavy (non-hydrogen) atoms. The Labute approximate surface area is 101 Å². The van der Waals surface area contributed by atoms with Gasteiger partial charge in [0.2, 0.25) is 0 Å². The molecule has 92 valence electrons. The van der Waals surface area contributed by atoms with Crippen molar-refractivity contribution in [3.63, 3.8) is 0 Å². The van der Waals surface area contributed by atoms with Crippen molar-refractivity contribution < 1.29 is 14.6 Å². The van der Waals surface area contributed by atoms with Crippen LogP contribution >= 0.6 is 0 Å². The van der Waals surface area contributed by atoms with Crippen LogP contribution in [0.4, 0.5) is 5.69 Å². The van der Waals surface area contributed by atoms with Gasteiger partial charge in [-0.1, -0.05) is 6.07 Å². The summed E-state index contributed by atoms with van der Waals surface area (Å²) in [7, 11) is 0. The van der Waals surface area contributed by atoms with Crippen molar-refractivity contribution in [1.29, 1.82) is 0 Å². The van der Waals surface area contributed by atoms with Crippen molar-refractivity contribution in [1.82, 2.24) is 0 Å². The highest BCUT2D eigenvalue weighted by molar-refractivity contribution is 5.94. The molecule has 4 heteroatoms. The minimum absolute atomic E-state index is 0.309. The van der Waals surface area contributed by atoms with E-state index in [9.17, 15) is 4.79 Å². The van der Waals surface area contributed by atoms with Crippen molar-refractivity contribution in [3.05, 3.63) is 29.3 Å². The third kappa shape index (κ3) is 2.97. The smallest absolute Gasteiger partial charge is 0.337 e. The Kier molecular flexibility index (Phi) is 3.64. The zero-order valence-corrected chi connectivity index (χ0v) is 9.90. The van der Waals surface area contributed by atoms with Gasteiger partial charge in [-0.25, -0.2) is 4.79 Å². The number of hydrogen-bond donors (Lipinski definition) is 2. The second kappa shape index (κ2) is 5.19. The minimum Gasteiger partial charge on any atom is -0.478 e. The lowest BCUT2D eigenvalue weighted by Crippen LogP contribution is -2.28. The van der Waals surface area contributed by atoms with Gasteiger partial charge in [-0.15, -0.1) is 0 Å². The molecule has 1 saturated heterocycles. The fourth-order valence-electron chi connectivity index (χ4n) is 2.03. The van der Waals surface area contributed by atoms with Crippen LogP contribution < -0.4 is 5.32 Å². The standard InChI is InChI=1S/C13H17NO3/c1-9-2-3-11(13(15)16)12(8-9)14-10-4-6-17-7-5-10/h2-3,8,10,14H,4-7H2,1H3,(H,15,16). The van der Waals surface area contributed by atoms with E-state index in [2.05, 4.69) is 5.32 Å². The molecule has 0 saturated carbocycles. The summed E-state index contributed by atoms with van der Waals surface area (Å²) in [6, 6.07) is 5.67. The van der Waals surface area contributed by atoms with Crippen LogP contribution in [-0.2, 0) is 4.74 Å². The summed E-state index contributed by atoms with van der Waals surface area (Å²) in [5.74, 6) is -0.889. The molecule has 1 heterocycles. The van der Waals surface area contributed by atoms with Crippen LogP contribution in [0.5, 0.6) is 0 Å². The fourth-order valence-corrected chi connectivity index (χ4v) is 2.03. The number of carboxylic acids is 1. The molecule has 2 rings (SSSR count). The Morgan fingerprint density at radius 1 is 1.41 bits per heavy atom. The van der Waals surface area contributed by atoms with Gasteiger partial charge >= 0.3 is 5.97 Å². The lowest BCUT2D eigenvalue weighted by atomic mass is 10.1. The molecule has 1 aromatic carbocycles.